The molecule has 3 aromatic rings. The molecule has 0 radical (unpaired) electrons. The molecule has 0 aliphatic rings. The van der Waals surface area contributed by atoms with Crippen molar-refractivity contribution in [3.05, 3.63) is 54.2 Å². The maximum Gasteiger partial charge on any atom is 0.162 e. The number of fused-ring (bicyclic) bond motifs is 1. The van der Waals surface area contributed by atoms with Crippen LogP contribution in [0, 0.1) is 0 Å². The number of aromatic amines is 1. The van der Waals surface area contributed by atoms with Crippen LogP contribution in [0.15, 0.2) is 48.7 Å². The summed E-state index contributed by atoms with van der Waals surface area (Å²) in [6.07, 6.45) is 1.95. The third-order valence-electron chi connectivity index (χ3n) is 3.50. The van der Waals surface area contributed by atoms with E-state index < -0.39 is 0 Å². The largest absolute Gasteiger partial charge is 0.493 e. The van der Waals surface area contributed by atoms with Crippen LogP contribution in [0.2, 0.25) is 0 Å². The van der Waals surface area contributed by atoms with Gasteiger partial charge in [0.2, 0.25) is 0 Å². The molecular weight excluding hydrogens is 264 g/mol. The molecule has 0 atom stereocenters. The molecule has 2 N–H and O–H groups in total. The number of hydrogen-bond donors (Lipinski definition) is 2. The fourth-order valence-electron chi connectivity index (χ4n) is 2.36. The van der Waals surface area contributed by atoms with Crippen LogP contribution in [0.25, 0.3) is 10.9 Å². The van der Waals surface area contributed by atoms with Gasteiger partial charge in [0.25, 0.3) is 0 Å². The van der Waals surface area contributed by atoms with Gasteiger partial charge in [-0.15, -0.1) is 0 Å². The van der Waals surface area contributed by atoms with Crippen LogP contribution in [-0.2, 0) is 6.54 Å². The Hall–Kier alpha value is -2.62. The predicted molar refractivity (Wildman–Crippen MR) is 85.2 cm³/mol. The van der Waals surface area contributed by atoms with E-state index >= 15 is 0 Å². The number of H-pyrrole nitrogens is 1. The summed E-state index contributed by atoms with van der Waals surface area (Å²) in [6.45, 7) is 0.754. The van der Waals surface area contributed by atoms with Crippen molar-refractivity contribution in [1.82, 2.24) is 4.98 Å². The number of hydrogen-bond acceptors (Lipinski definition) is 3. The maximum atomic E-state index is 5.31. The lowest BCUT2D eigenvalue weighted by Gasteiger charge is -2.11. The highest BCUT2D eigenvalue weighted by molar-refractivity contribution is 5.79. The van der Waals surface area contributed by atoms with Crippen molar-refractivity contribution in [2.75, 3.05) is 19.5 Å². The molecule has 0 fully saturated rings. The molecule has 0 spiro atoms. The van der Waals surface area contributed by atoms with Crippen molar-refractivity contribution in [2.24, 2.45) is 0 Å². The average molecular weight is 282 g/mol. The molecule has 0 aliphatic heterocycles. The Bertz CT molecular complexity index is 749. The van der Waals surface area contributed by atoms with Gasteiger partial charge in [-0.05, 0) is 35.2 Å². The zero-order valence-electron chi connectivity index (χ0n) is 12.1. The van der Waals surface area contributed by atoms with Gasteiger partial charge in [0, 0.05) is 30.0 Å². The Kier molecular flexibility index (Phi) is 3.69. The van der Waals surface area contributed by atoms with Gasteiger partial charge in [-0.25, -0.2) is 0 Å². The van der Waals surface area contributed by atoms with Gasteiger partial charge in [0.1, 0.15) is 0 Å². The van der Waals surface area contributed by atoms with E-state index in [1.807, 2.05) is 24.4 Å². The SMILES string of the molecule is COc1ccc(NCc2ccc3cc[nH]c3c2)cc1OC. The highest BCUT2D eigenvalue weighted by atomic mass is 16.5. The minimum absolute atomic E-state index is 0.724. The number of benzene rings is 2. The van der Waals surface area contributed by atoms with E-state index in [9.17, 15) is 0 Å². The highest BCUT2D eigenvalue weighted by Crippen LogP contribution is 2.30. The van der Waals surface area contributed by atoms with Gasteiger partial charge in [-0.2, -0.15) is 0 Å². The fraction of sp³-hybridized carbons (Fsp3) is 0.176. The van der Waals surface area contributed by atoms with E-state index in [2.05, 4.69) is 34.6 Å². The molecule has 3 rings (SSSR count). The van der Waals surface area contributed by atoms with Gasteiger partial charge in [0.15, 0.2) is 11.5 Å². The minimum Gasteiger partial charge on any atom is -0.493 e. The second-order valence-corrected chi connectivity index (χ2v) is 4.82. The van der Waals surface area contributed by atoms with Crippen LogP contribution in [0.4, 0.5) is 5.69 Å². The average Bonchev–Trinajstić information content (AvgIpc) is 3.00. The first-order chi connectivity index (χ1) is 10.3. The molecule has 0 saturated heterocycles. The van der Waals surface area contributed by atoms with Gasteiger partial charge in [-0.3, -0.25) is 0 Å². The fourth-order valence-corrected chi connectivity index (χ4v) is 2.36. The second kappa shape index (κ2) is 5.79. The van der Waals surface area contributed by atoms with Crippen LogP contribution in [-0.4, -0.2) is 19.2 Å². The summed E-state index contributed by atoms with van der Waals surface area (Å²) >= 11 is 0. The maximum absolute atomic E-state index is 5.31. The van der Waals surface area contributed by atoms with Gasteiger partial charge in [-0.1, -0.05) is 12.1 Å². The van der Waals surface area contributed by atoms with Crippen LogP contribution < -0.4 is 14.8 Å². The van der Waals surface area contributed by atoms with E-state index in [1.165, 1.54) is 10.9 Å². The summed E-state index contributed by atoms with van der Waals surface area (Å²) < 4.78 is 10.5. The van der Waals surface area contributed by atoms with Crippen LogP contribution in [0.3, 0.4) is 0 Å². The first kappa shape index (κ1) is 13.4. The zero-order valence-corrected chi connectivity index (χ0v) is 12.1. The lowest BCUT2D eigenvalue weighted by molar-refractivity contribution is 0.355. The molecular formula is C17H18N2O2. The number of methoxy groups -OCH3 is 2. The molecule has 0 saturated carbocycles. The highest BCUT2D eigenvalue weighted by Gasteiger charge is 2.04. The van der Waals surface area contributed by atoms with Gasteiger partial charge >= 0.3 is 0 Å². The molecule has 1 aromatic heterocycles. The third-order valence-corrected chi connectivity index (χ3v) is 3.50. The summed E-state index contributed by atoms with van der Waals surface area (Å²) in [5.74, 6) is 1.46. The van der Waals surface area contributed by atoms with E-state index in [0.29, 0.717) is 0 Å². The Labute approximate surface area is 123 Å². The van der Waals surface area contributed by atoms with Crippen molar-refractivity contribution < 1.29 is 9.47 Å². The number of nitrogens with one attached hydrogen (secondary N) is 2. The molecule has 108 valence electrons. The van der Waals surface area contributed by atoms with Crippen molar-refractivity contribution in [3.63, 3.8) is 0 Å². The summed E-state index contributed by atoms with van der Waals surface area (Å²) in [5.41, 5.74) is 3.38. The number of aromatic nitrogens is 1. The zero-order chi connectivity index (χ0) is 14.7. The lowest BCUT2D eigenvalue weighted by Crippen LogP contribution is -2.00. The van der Waals surface area contributed by atoms with Gasteiger partial charge in [0.05, 0.1) is 14.2 Å². The molecule has 0 amide bonds. The molecule has 2 aromatic carbocycles. The molecule has 1 heterocycles. The van der Waals surface area contributed by atoms with E-state index in [1.54, 1.807) is 14.2 Å². The number of ether oxygens (including phenoxy) is 2. The summed E-state index contributed by atoms with van der Waals surface area (Å²) in [6, 6.07) is 14.3. The number of anilines is 1. The smallest absolute Gasteiger partial charge is 0.162 e. The lowest BCUT2D eigenvalue weighted by atomic mass is 10.1. The first-order valence-electron chi connectivity index (χ1n) is 6.82. The summed E-state index contributed by atoms with van der Waals surface area (Å²) in [4.78, 5) is 3.23. The molecule has 0 bridgehead atoms. The van der Waals surface area contributed by atoms with Crippen molar-refractivity contribution in [2.45, 2.75) is 6.54 Å². The molecule has 4 heteroatoms. The normalized spacial score (nSPS) is 10.6. The summed E-state index contributed by atoms with van der Waals surface area (Å²) in [5, 5.41) is 4.62. The second-order valence-electron chi connectivity index (χ2n) is 4.82. The monoisotopic (exact) mass is 282 g/mol. The Morgan fingerprint density at radius 3 is 2.62 bits per heavy atom. The minimum atomic E-state index is 0.724. The number of rotatable bonds is 5. The van der Waals surface area contributed by atoms with Crippen LogP contribution in [0.5, 0.6) is 11.5 Å². The Morgan fingerprint density at radius 2 is 1.81 bits per heavy atom. The van der Waals surface area contributed by atoms with Crippen LogP contribution in [0.1, 0.15) is 5.56 Å². The van der Waals surface area contributed by atoms with Crippen molar-refractivity contribution >= 4 is 16.6 Å². The molecule has 4 nitrogen and oxygen atoms in total. The van der Waals surface area contributed by atoms with E-state index in [4.69, 9.17) is 9.47 Å². The van der Waals surface area contributed by atoms with Crippen molar-refractivity contribution in [3.8, 4) is 11.5 Å². The topological polar surface area (TPSA) is 46.3 Å². The third kappa shape index (κ3) is 2.79. The first-order valence-corrected chi connectivity index (χ1v) is 6.82. The van der Waals surface area contributed by atoms with E-state index in [0.717, 1.165) is 29.2 Å². The Balaban J connectivity index is 1.74. The van der Waals surface area contributed by atoms with Crippen molar-refractivity contribution in [1.29, 1.82) is 0 Å². The molecule has 21 heavy (non-hydrogen) atoms. The molecule has 0 aliphatic carbocycles. The van der Waals surface area contributed by atoms with Gasteiger partial charge < -0.3 is 19.8 Å². The van der Waals surface area contributed by atoms with E-state index in [-0.39, 0.29) is 0 Å². The quantitative estimate of drug-likeness (QED) is 0.748. The van der Waals surface area contributed by atoms with Crippen LogP contribution >= 0.6 is 0 Å². The molecule has 0 unspecified atom stereocenters. The standard InChI is InChI=1S/C17H18N2O2/c1-20-16-6-5-14(10-17(16)21-2)19-11-12-3-4-13-7-8-18-15(13)9-12/h3-10,18-19H,11H2,1-2H3. The predicted octanol–water partition coefficient (Wildman–Crippen LogP) is 3.80. The summed E-state index contributed by atoms with van der Waals surface area (Å²) in [7, 11) is 3.28. The Morgan fingerprint density at radius 1 is 0.952 bits per heavy atom.